The summed E-state index contributed by atoms with van der Waals surface area (Å²) in [6.07, 6.45) is 0. The van der Waals surface area contributed by atoms with Crippen LogP contribution in [0.4, 0.5) is 10.1 Å². The maximum atomic E-state index is 13.1. The van der Waals surface area contributed by atoms with Crippen LogP contribution in [-0.4, -0.2) is 38.7 Å². The third kappa shape index (κ3) is 5.32. The van der Waals surface area contributed by atoms with Crippen molar-refractivity contribution in [3.05, 3.63) is 59.4 Å². The number of amides is 1. The van der Waals surface area contributed by atoms with Gasteiger partial charge < -0.3 is 10.1 Å². The number of hydrogen-bond donors (Lipinski definition) is 1. The number of rotatable bonds is 6. The molecule has 0 fully saturated rings. The summed E-state index contributed by atoms with van der Waals surface area (Å²) in [5.41, 5.74) is 0.954. The highest BCUT2D eigenvalue weighted by atomic mass is 35.5. The number of nitrogens with zero attached hydrogens (tertiary/aromatic N) is 4. The second kappa shape index (κ2) is 8.37. The molecule has 1 heterocycles. The van der Waals surface area contributed by atoms with E-state index >= 15 is 0 Å². The van der Waals surface area contributed by atoms with E-state index in [2.05, 4.69) is 20.7 Å². The Morgan fingerprint density at radius 1 is 1.19 bits per heavy atom. The number of carbonyl (C=O) groups is 2. The minimum Gasteiger partial charge on any atom is -0.454 e. The maximum Gasteiger partial charge on any atom is 0.330 e. The van der Waals surface area contributed by atoms with Gasteiger partial charge in [0.15, 0.2) is 13.2 Å². The second-order valence-corrected chi connectivity index (χ2v) is 5.81. The van der Waals surface area contributed by atoms with Crippen molar-refractivity contribution in [2.45, 2.75) is 6.54 Å². The standard InChI is InChI=1S/C17H13ClFN5O3/c18-12-6-4-11(5-7-12)17-21-23-24(22-17)9-16(26)27-10-15(25)20-14-3-1-2-13(19)8-14/h1-8H,9-10H2,(H,20,25). The molecule has 0 spiro atoms. The maximum absolute atomic E-state index is 13.1. The molecule has 8 nitrogen and oxygen atoms in total. The normalized spacial score (nSPS) is 10.4. The number of benzene rings is 2. The highest BCUT2D eigenvalue weighted by molar-refractivity contribution is 6.30. The summed E-state index contributed by atoms with van der Waals surface area (Å²) < 4.78 is 17.9. The minimum absolute atomic E-state index is 0.265. The van der Waals surface area contributed by atoms with Gasteiger partial charge in [-0.2, -0.15) is 4.80 Å². The second-order valence-electron chi connectivity index (χ2n) is 5.37. The fraction of sp³-hybridized carbons (Fsp3) is 0.118. The highest BCUT2D eigenvalue weighted by Gasteiger charge is 2.12. The Kier molecular flexibility index (Phi) is 5.72. The summed E-state index contributed by atoms with van der Waals surface area (Å²) in [7, 11) is 0. The molecule has 0 bridgehead atoms. The lowest BCUT2D eigenvalue weighted by atomic mass is 10.2. The minimum atomic E-state index is -0.718. The zero-order valence-corrected chi connectivity index (χ0v) is 14.6. The summed E-state index contributed by atoms with van der Waals surface area (Å²) in [6, 6.07) is 12.2. The van der Waals surface area contributed by atoms with Gasteiger partial charge in [0.05, 0.1) is 0 Å². The van der Waals surface area contributed by atoms with Crippen molar-refractivity contribution in [3.63, 3.8) is 0 Å². The van der Waals surface area contributed by atoms with Crippen molar-refractivity contribution < 1.29 is 18.7 Å². The van der Waals surface area contributed by atoms with Crippen molar-refractivity contribution in [1.29, 1.82) is 0 Å². The molecule has 10 heteroatoms. The number of halogens is 2. The van der Waals surface area contributed by atoms with Crippen LogP contribution in [0.2, 0.25) is 5.02 Å². The van der Waals surface area contributed by atoms with E-state index in [1.807, 2.05) is 0 Å². The molecular formula is C17H13ClFN5O3. The molecule has 0 radical (unpaired) electrons. The quantitative estimate of drug-likeness (QED) is 0.649. The predicted molar refractivity (Wildman–Crippen MR) is 94.3 cm³/mol. The molecule has 3 aromatic rings. The number of hydrogen-bond acceptors (Lipinski definition) is 6. The number of nitrogens with one attached hydrogen (secondary N) is 1. The van der Waals surface area contributed by atoms with Crippen molar-refractivity contribution >= 4 is 29.2 Å². The first kappa shape index (κ1) is 18.5. The first-order valence-electron chi connectivity index (χ1n) is 7.74. The summed E-state index contributed by atoms with van der Waals surface area (Å²) in [5, 5.41) is 14.7. The summed E-state index contributed by atoms with van der Waals surface area (Å²) >= 11 is 5.82. The molecule has 1 N–H and O–H groups in total. The number of carbonyl (C=O) groups excluding carboxylic acids is 2. The van der Waals surface area contributed by atoms with Crippen molar-refractivity contribution in [1.82, 2.24) is 20.2 Å². The van der Waals surface area contributed by atoms with Gasteiger partial charge in [0, 0.05) is 16.3 Å². The van der Waals surface area contributed by atoms with E-state index in [0.717, 1.165) is 10.9 Å². The molecule has 0 aliphatic heterocycles. The lowest BCUT2D eigenvalue weighted by Crippen LogP contribution is -2.23. The topological polar surface area (TPSA) is 99.0 Å². The number of tetrazole rings is 1. The van der Waals surface area contributed by atoms with Crippen molar-refractivity contribution in [3.8, 4) is 11.4 Å². The van der Waals surface area contributed by atoms with Crippen LogP contribution in [-0.2, 0) is 20.9 Å². The van der Waals surface area contributed by atoms with E-state index in [1.165, 1.54) is 18.2 Å². The zero-order chi connectivity index (χ0) is 19.2. The van der Waals surface area contributed by atoms with E-state index in [0.29, 0.717) is 16.4 Å². The van der Waals surface area contributed by atoms with Gasteiger partial charge in [-0.3, -0.25) is 4.79 Å². The van der Waals surface area contributed by atoms with E-state index in [9.17, 15) is 14.0 Å². The molecule has 2 aromatic carbocycles. The van der Waals surface area contributed by atoms with Crippen LogP contribution in [0.15, 0.2) is 48.5 Å². The molecule has 0 atom stereocenters. The molecular weight excluding hydrogens is 377 g/mol. The van der Waals surface area contributed by atoms with Crippen LogP contribution in [0.25, 0.3) is 11.4 Å². The van der Waals surface area contributed by atoms with Gasteiger partial charge in [0.25, 0.3) is 5.91 Å². The number of esters is 1. The average Bonchev–Trinajstić information content (AvgIpc) is 3.09. The molecule has 0 saturated heterocycles. The zero-order valence-electron chi connectivity index (χ0n) is 13.8. The van der Waals surface area contributed by atoms with Crippen molar-refractivity contribution in [2.75, 3.05) is 11.9 Å². The lowest BCUT2D eigenvalue weighted by molar-refractivity contribution is -0.148. The van der Waals surface area contributed by atoms with Gasteiger partial charge in [-0.1, -0.05) is 17.7 Å². The molecule has 0 saturated carbocycles. The number of ether oxygens (including phenoxy) is 1. The summed E-state index contributed by atoms with van der Waals surface area (Å²) in [5.74, 6) is -1.48. The van der Waals surface area contributed by atoms with Gasteiger partial charge in [-0.25, -0.2) is 9.18 Å². The summed E-state index contributed by atoms with van der Waals surface area (Å²) in [6.45, 7) is -0.831. The van der Waals surface area contributed by atoms with E-state index in [4.69, 9.17) is 16.3 Å². The van der Waals surface area contributed by atoms with Crippen LogP contribution < -0.4 is 5.32 Å². The van der Waals surface area contributed by atoms with E-state index < -0.39 is 24.3 Å². The SMILES string of the molecule is O=C(COC(=O)Cn1nnc(-c2ccc(Cl)cc2)n1)Nc1cccc(F)c1. The van der Waals surface area contributed by atoms with E-state index in [-0.39, 0.29) is 12.2 Å². The molecule has 3 rings (SSSR count). The smallest absolute Gasteiger partial charge is 0.330 e. The molecule has 0 aliphatic carbocycles. The Balaban J connectivity index is 1.49. The van der Waals surface area contributed by atoms with Crippen LogP contribution in [0.3, 0.4) is 0 Å². The van der Waals surface area contributed by atoms with Crippen LogP contribution >= 0.6 is 11.6 Å². The molecule has 27 heavy (non-hydrogen) atoms. The number of anilines is 1. The molecule has 0 unspecified atom stereocenters. The third-order valence-corrected chi connectivity index (χ3v) is 3.55. The number of aromatic nitrogens is 4. The molecule has 0 aliphatic rings. The average molecular weight is 390 g/mol. The largest absolute Gasteiger partial charge is 0.454 e. The Morgan fingerprint density at radius 2 is 1.96 bits per heavy atom. The third-order valence-electron chi connectivity index (χ3n) is 3.30. The summed E-state index contributed by atoms with van der Waals surface area (Å²) in [4.78, 5) is 24.6. The monoisotopic (exact) mass is 389 g/mol. The Morgan fingerprint density at radius 3 is 2.70 bits per heavy atom. The van der Waals surface area contributed by atoms with Gasteiger partial charge in [-0.05, 0) is 47.7 Å². The fourth-order valence-electron chi connectivity index (χ4n) is 2.10. The Bertz CT molecular complexity index is 961. The van der Waals surface area contributed by atoms with Crippen LogP contribution in [0.1, 0.15) is 0 Å². The van der Waals surface area contributed by atoms with Gasteiger partial charge in [0.2, 0.25) is 5.82 Å². The first-order valence-corrected chi connectivity index (χ1v) is 8.12. The molecule has 1 aromatic heterocycles. The fourth-order valence-corrected chi connectivity index (χ4v) is 2.22. The van der Waals surface area contributed by atoms with Gasteiger partial charge in [-0.15, -0.1) is 10.2 Å². The predicted octanol–water partition coefficient (Wildman–Crippen LogP) is 2.31. The Labute approximate surface area is 157 Å². The molecule has 1 amide bonds. The van der Waals surface area contributed by atoms with Crippen molar-refractivity contribution in [2.24, 2.45) is 0 Å². The molecule has 138 valence electrons. The first-order chi connectivity index (χ1) is 13.0. The van der Waals surface area contributed by atoms with Gasteiger partial charge >= 0.3 is 5.97 Å². The van der Waals surface area contributed by atoms with E-state index in [1.54, 1.807) is 24.3 Å². The van der Waals surface area contributed by atoms with Crippen LogP contribution in [0, 0.1) is 5.82 Å². The Hall–Kier alpha value is -3.33. The lowest BCUT2D eigenvalue weighted by Gasteiger charge is -2.06. The highest BCUT2D eigenvalue weighted by Crippen LogP contribution is 2.16. The van der Waals surface area contributed by atoms with Gasteiger partial charge in [0.1, 0.15) is 5.82 Å². The van der Waals surface area contributed by atoms with Crippen LogP contribution in [0.5, 0.6) is 0 Å².